The Kier molecular flexibility index (Phi) is 4.28. The topological polar surface area (TPSA) is 131 Å². The van der Waals surface area contributed by atoms with Crippen molar-refractivity contribution in [1.82, 2.24) is 19.5 Å². The molecule has 146 valence electrons. The van der Waals surface area contributed by atoms with Crippen LogP contribution in [0.3, 0.4) is 0 Å². The molecule has 2 bridgehead atoms. The molecule has 10 nitrogen and oxygen atoms in total. The highest BCUT2D eigenvalue weighted by Gasteiger charge is 2.56. The number of nitrogens with one attached hydrogen (secondary N) is 2. The Labute approximate surface area is 154 Å². The number of carbonyl (C=O) groups excluding carboxylic acids is 1. The monoisotopic (exact) mass is 377 g/mol. The second kappa shape index (κ2) is 6.39. The van der Waals surface area contributed by atoms with Crippen molar-refractivity contribution < 1.29 is 19.4 Å². The van der Waals surface area contributed by atoms with Gasteiger partial charge in [0.2, 0.25) is 11.9 Å². The van der Waals surface area contributed by atoms with E-state index in [4.69, 9.17) is 9.47 Å². The Hall–Kier alpha value is -2.30. The van der Waals surface area contributed by atoms with Crippen molar-refractivity contribution in [3.8, 4) is 0 Å². The second-order valence-electron chi connectivity index (χ2n) is 7.49. The van der Waals surface area contributed by atoms with Gasteiger partial charge in [-0.1, -0.05) is 20.8 Å². The number of fused-ring (bicyclic) bond motifs is 3. The highest BCUT2D eigenvalue weighted by atomic mass is 16.6. The van der Waals surface area contributed by atoms with E-state index < -0.39 is 17.4 Å². The third-order valence-electron chi connectivity index (χ3n) is 5.53. The van der Waals surface area contributed by atoms with Gasteiger partial charge in [0.15, 0.2) is 17.4 Å². The fourth-order valence-corrected chi connectivity index (χ4v) is 3.75. The average molecular weight is 377 g/mol. The molecule has 0 unspecified atom stereocenters. The van der Waals surface area contributed by atoms with Crippen LogP contribution in [-0.4, -0.2) is 55.5 Å². The summed E-state index contributed by atoms with van der Waals surface area (Å²) in [6.07, 6.45) is 1.21. The smallest absolute Gasteiger partial charge is 0.280 e. The minimum absolute atomic E-state index is 0.0270. The normalized spacial score (nSPS) is 30.2. The molecule has 2 aliphatic heterocycles. The predicted octanol–water partition coefficient (Wildman–Crippen LogP) is 0.399. The third kappa shape index (κ3) is 2.75. The van der Waals surface area contributed by atoms with Gasteiger partial charge in [-0.2, -0.15) is 4.98 Å². The number of aliphatic hydroxyl groups is 1. The van der Waals surface area contributed by atoms with Crippen LogP contribution < -0.4 is 10.9 Å². The Bertz CT molecular complexity index is 937. The number of aromatic amines is 1. The summed E-state index contributed by atoms with van der Waals surface area (Å²) < 4.78 is 13.7. The number of anilines is 1. The number of imidazole rings is 1. The quantitative estimate of drug-likeness (QED) is 0.703. The maximum absolute atomic E-state index is 12.4. The standard InChI is InChI=1S/C17H23N5O5/c1-8(2)13(24)20-16-19-12-10(14(25)21-16)18-7-22(12)15-11-9(3)17(6-23,27-15)4-5-26-11/h7-9,11,15,23H,4-6H2,1-3H3,(H2,19,20,21,24,25)/t9-,11+,15+,17+/m0/s1. The van der Waals surface area contributed by atoms with Gasteiger partial charge >= 0.3 is 0 Å². The molecule has 4 atom stereocenters. The zero-order valence-corrected chi connectivity index (χ0v) is 15.4. The predicted molar refractivity (Wildman–Crippen MR) is 95.1 cm³/mol. The Morgan fingerprint density at radius 2 is 2.33 bits per heavy atom. The van der Waals surface area contributed by atoms with Crippen LogP contribution in [0.15, 0.2) is 11.1 Å². The van der Waals surface area contributed by atoms with Crippen LogP contribution in [-0.2, 0) is 14.3 Å². The zero-order chi connectivity index (χ0) is 19.3. The van der Waals surface area contributed by atoms with Crippen LogP contribution in [0.1, 0.15) is 33.4 Å². The SMILES string of the molecule is CC(C)C(=O)Nc1nc2c(ncn2[C@@H]2O[C@@]3(CO)CCO[C@@H]2[C@@H]3C)c(=O)[nH]1. The van der Waals surface area contributed by atoms with Gasteiger partial charge in [-0.25, -0.2) is 4.98 Å². The summed E-state index contributed by atoms with van der Waals surface area (Å²) in [5, 5.41) is 12.5. The van der Waals surface area contributed by atoms with Crippen molar-refractivity contribution in [3.63, 3.8) is 0 Å². The maximum atomic E-state index is 12.4. The van der Waals surface area contributed by atoms with Gasteiger partial charge in [-0.3, -0.25) is 24.5 Å². The van der Waals surface area contributed by atoms with Crippen LogP contribution >= 0.6 is 0 Å². The molecule has 2 saturated heterocycles. The molecule has 3 N–H and O–H groups in total. The van der Waals surface area contributed by atoms with E-state index in [0.29, 0.717) is 18.7 Å². The summed E-state index contributed by atoms with van der Waals surface area (Å²) in [4.78, 5) is 35.3. The summed E-state index contributed by atoms with van der Waals surface area (Å²) in [7, 11) is 0. The first kappa shape index (κ1) is 18.1. The highest BCUT2D eigenvalue weighted by molar-refractivity contribution is 5.91. The van der Waals surface area contributed by atoms with E-state index >= 15 is 0 Å². The van der Waals surface area contributed by atoms with Gasteiger partial charge in [0.05, 0.1) is 19.5 Å². The van der Waals surface area contributed by atoms with Crippen molar-refractivity contribution >= 4 is 23.0 Å². The zero-order valence-electron chi connectivity index (χ0n) is 15.4. The lowest BCUT2D eigenvalue weighted by Crippen LogP contribution is -2.45. The summed E-state index contributed by atoms with van der Waals surface area (Å²) in [6, 6.07) is 0. The molecule has 10 heteroatoms. The lowest BCUT2D eigenvalue weighted by Gasteiger charge is -2.35. The number of rotatable bonds is 4. The second-order valence-corrected chi connectivity index (χ2v) is 7.49. The van der Waals surface area contributed by atoms with Gasteiger partial charge in [-0.15, -0.1) is 0 Å². The summed E-state index contributed by atoms with van der Waals surface area (Å²) in [5.74, 6) is -0.486. The summed E-state index contributed by atoms with van der Waals surface area (Å²) in [6.45, 7) is 5.85. The molecule has 2 aromatic heterocycles. The minimum Gasteiger partial charge on any atom is -0.393 e. The largest absolute Gasteiger partial charge is 0.393 e. The molecular weight excluding hydrogens is 354 g/mol. The number of H-pyrrole nitrogens is 1. The molecule has 2 aliphatic rings. The Morgan fingerprint density at radius 3 is 3.00 bits per heavy atom. The van der Waals surface area contributed by atoms with E-state index in [-0.39, 0.29) is 41.9 Å². The molecule has 27 heavy (non-hydrogen) atoms. The van der Waals surface area contributed by atoms with Crippen molar-refractivity contribution in [2.75, 3.05) is 18.5 Å². The molecule has 0 spiro atoms. The molecule has 1 amide bonds. The van der Waals surface area contributed by atoms with Crippen LogP contribution in [0, 0.1) is 11.8 Å². The van der Waals surface area contributed by atoms with E-state index in [1.807, 2.05) is 6.92 Å². The molecule has 4 heterocycles. The molecule has 0 saturated carbocycles. The number of carbonyl (C=O) groups is 1. The number of aromatic nitrogens is 4. The van der Waals surface area contributed by atoms with E-state index in [9.17, 15) is 14.7 Å². The first-order valence-electron chi connectivity index (χ1n) is 9.04. The Balaban J connectivity index is 1.76. The summed E-state index contributed by atoms with van der Waals surface area (Å²) in [5.41, 5.74) is -0.697. The summed E-state index contributed by atoms with van der Waals surface area (Å²) >= 11 is 0. The number of hydrogen-bond acceptors (Lipinski definition) is 7. The highest BCUT2D eigenvalue weighted by Crippen LogP contribution is 2.48. The Morgan fingerprint density at radius 1 is 1.56 bits per heavy atom. The molecule has 0 radical (unpaired) electrons. The number of amides is 1. The molecular formula is C17H23N5O5. The van der Waals surface area contributed by atoms with E-state index in [2.05, 4.69) is 20.3 Å². The van der Waals surface area contributed by atoms with E-state index in [1.165, 1.54) is 6.33 Å². The number of nitrogens with zero attached hydrogens (tertiary/aromatic N) is 3. The van der Waals surface area contributed by atoms with Crippen LogP contribution in [0.4, 0.5) is 5.95 Å². The fraction of sp³-hybridized carbons (Fsp3) is 0.647. The number of ether oxygens (including phenoxy) is 2. The average Bonchev–Trinajstić information content (AvgIpc) is 3.09. The van der Waals surface area contributed by atoms with Crippen molar-refractivity contribution in [2.45, 2.75) is 45.1 Å². The molecule has 2 fully saturated rings. The first-order valence-corrected chi connectivity index (χ1v) is 9.04. The lowest BCUT2D eigenvalue weighted by molar-refractivity contribution is -0.118. The number of aliphatic hydroxyl groups excluding tert-OH is 1. The van der Waals surface area contributed by atoms with Gasteiger partial charge in [-0.05, 0) is 0 Å². The first-order chi connectivity index (χ1) is 12.9. The van der Waals surface area contributed by atoms with Crippen molar-refractivity contribution in [3.05, 3.63) is 16.7 Å². The van der Waals surface area contributed by atoms with Gasteiger partial charge in [0.25, 0.3) is 5.56 Å². The molecule has 0 aromatic carbocycles. The van der Waals surface area contributed by atoms with Crippen LogP contribution in [0.25, 0.3) is 11.2 Å². The molecule has 2 aromatic rings. The van der Waals surface area contributed by atoms with E-state index in [1.54, 1.807) is 18.4 Å². The lowest BCUT2D eigenvalue weighted by atomic mass is 9.83. The van der Waals surface area contributed by atoms with Gasteiger partial charge in [0.1, 0.15) is 11.7 Å². The van der Waals surface area contributed by atoms with Crippen molar-refractivity contribution in [1.29, 1.82) is 0 Å². The van der Waals surface area contributed by atoms with Gasteiger partial charge < -0.3 is 14.6 Å². The molecule has 4 rings (SSSR count). The fourth-order valence-electron chi connectivity index (χ4n) is 3.75. The third-order valence-corrected chi connectivity index (χ3v) is 5.53. The van der Waals surface area contributed by atoms with E-state index in [0.717, 1.165) is 0 Å². The number of hydrogen-bond donors (Lipinski definition) is 3. The minimum atomic E-state index is -0.680. The van der Waals surface area contributed by atoms with Crippen molar-refractivity contribution in [2.24, 2.45) is 11.8 Å². The van der Waals surface area contributed by atoms with Crippen LogP contribution in [0.5, 0.6) is 0 Å². The van der Waals surface area contributed by atoms with Gasteiger partial charge in [0, 0.05) is 18.3 Å². The molecule has 0 aliphatic carbocycles. The van der Waals surface area contributed by atoms with Crippen LogP contribution in [0.2, 0.25) is 0 Å². The maximum Gasteiger partial charge on any atom is 0.280 e.